The first-order valence-electron chi connectivity index (χ1n) is 7.55. The third-order valence-electron chi connectivity index (χ3n) is 4.37. The van der Waals surface area contributed by atoms with Crippen molar-refractivity contribution in [3.63, 3.8) is 0 Å². The molecule has 2 rings (SSSR count). The van der Waals surface area contributed by atoms with Crippen molar-refractivity contribution in [1.29, 1.82) is 0 Å². The summed E-state index contributed by atoms with van der Waals surface area (Å²) in [7, 11) is 0. The number of rotatable bonds is 2. The summed E-state index contributed by atoms with van der Waals surface area (Å²) < 4.78 is 14.5. The SMILES string of the molecule is CC(C)(C)C1CCCCC1NC(=O)c1cc(Br)ccc1F. The van der Waals surface area contributed by atoms with Crippen LogP contribution in [0.15, 0.2) is 22.7 Å². The first-order chi connectivity index (χ1) is 9.79. The van der Waals surface area contributed by atoms with Crippen molar-refractivity contribution >= 4 is 21.8 Å². The Morgan fingerprint density at radius 2 is 1.95 bits per heavy atom. The van der Waals surface area contributed by atoms with E-state index in [1.807, 2.05) is 0 Å². The van der Waals surface area contributed by atoms with E-state index in [1.165, 1.54) is 12.5 Å². The molecule has 4 heteroatoms. The Kier molecular flexibility index (Phi) is 5.07. The zero-order chi connectivity index (χ0) is 15.6. The molecule has 2 nitrogen and oxygen atoms in total. The molecular formula is C17H23BrFNO. The highest BCUT2D eigenvalue weighted by atomic mass is 79.9. The zero-order valence-electron chi connectivity index (χ0n) is 12.9. The normalized spacial score (nSPS) is 22.9. The van der Waals surface area contributed by atoms with Crippen molar-refractivity contribution in [2.75, 3.05) is 0 Å². The lowest BCUT2D eigenvalue weighted by Gasteiger charge is -2.40. The van der Waals surface area contributed by atoms with Crippen molar-refractivity contribution in [1.82, 2.24) is 5.32 Å². The molecule has 0 radical (unpaired) electrons. The molecule has 21 heavy (non-hydrogen) atoms. The van der Waals surface area contributed by atoms with Crippen molar-refractivity contribution in [2.24, 2.45) is 11.3 Å². The van der Waals surface area contributed by atoms with E-state index in [2.05, 4.69) is 42.0 Å². The summed E-state index contributed by atoms with van der Waals surface area (Å²) in [5.41, 5.74) is 0.261. The molecule has 1 fully saturated rings. The lowest BCUT2D eigenvalue weighted by Crippen LogP contribution is -2.46. The number of carbonyl (C=O) groups is 1. The van der Waals surface area contributed by atoms with Gasteiger partial charge in [-0.2, -0.15) is 0 Å². The number of carbonyl (C=O) groups excluding carboxylic acids is 1. The Morgan fingerprint density at radius 1 is 1.29 bits per heavy atom. The molecule has 0 heterocycles. The Labute approximate surface area is 134 Å². The zero-order valence-corrected chi connectivity index (χ0v) is 14.5. The van der Waals surface area contributed by atoms with E-state index in [4.69, 9.17) is 0 Å². The second-order valence-electron chi connectivity index (χ2n) is 6.96. The molecule has 0 saturated heterocycles. The molecule has 2 atom stereocenters. The van der Waals surface area contributed by atoms with E-state index in [0.29, 0.717) is 10.4 Å². The fraction of sp³-hybridized carbons (Fsp3) is 0.588. The molecule has 0 aliphatic heterocycles. The lowest BCUT2D eigenvalue weighted by molar-refractivity contribution is 0.0826. The molecule has 0 bridgehead atoms. The monoisotopic (exact) mass is 355 g/mol. The minimum Gasteiger partial charge on any atom is -0.349 e. The number of halogens is 2. The third kappa shape index (κ3) is 4.06. The van der Waals surface area contributed by atoms with E-state index in [9.17, 15) is 9.18 Å². The van der Waals surface area contributed by atoms with Gasteiger partial charge in [-0.1, -0.05) is 49.5 Å². The molecule has 1 amide bonds. The van der Waals surface area contributed by atoms with E-state index in [0.717, 1.165) is 19.3 Å². The van der Waals surface area contributed by atoms with Gasteiger partial charge in [0.25, 0.3) is 5.91 Å². The Morgan fingerprint density at radius 3 is 2.62 bits per heavy atom. The van der Waals surface area contributed by atoms with Crippen LogP contribution in [0.1, 0.15) is 56.8 Å². The van der Waals surface area contributed by atoms with Crippen LogP contribution >= 0.6 is 15.9 Å². The number of hydrogen-bond acceptors (Lipinski definition) is 1. The predicted octanol–water partition coefficient (Wildman–Crippen LogP) is 4.92. The van der Waals surface area contributed by atoms with Gasteiger partial charge in [0.05, 0.1) is 5.56 Å². The van der Waals surface area contributed by atoms with E-state index < -0.39 is 5.82 Å². The molecule has 2 unspecified atom stereocenters. The summed E-state index contributed by atoms with van der Waals surface area (Å²) in [5.74, 6) is -0.348. The van der Waals surface area contributed by atoms with Gasteiger partial charge < -0.3 is 5.32 Å². The summed E-state index contributed by atoms with van der Waals surface area (Å²) in [4.78, 5) is 12.4. The van der Waals surface area contributed by atoms with Crippen molar-refractivity contribution < 1.29 is 9.18 Å². The first-order valence-corrected chi connectivity index (χ1v) is 8.34. The maximum atomic E-state index is 13.8. The number of benzene rings is 1. The summed E-state index contributed by atoms with van der Waals surface area (Å²) >= 11 is 3.29. The van der Waals surface area contributed by atoms with Crippen LogP contribution in [0.25, 0.3) is 0 Å². The molecule has 1 saturated carbocycles. The van der Waals surface area contributed by atoms with Crippen LogP contribution in [0.4, 0.5) is 4.39 Å². The van der Waals surface area contributed by atoms with Crippen LogP contribution in [-0.2, 0) is 0 Å². The maximum Gasteiger partial charge on any atom is 0.254 e. The first kappa shape index (κ1) is 16.5. The second kappa shape index (κ2) is 6.47. The molecule has 0 spiro atoms. The topological polar surface area (TPSA) is 29.1 Å². The second-order valence-corrected chi connectivity index (χ2v) is 7.88. The largest absolute Gasteiger partial charge is 0.349 e. The standard InChI is InChI=1S/C17H23BrFNO/c1-17(2,3)13-6-4-5-7-15(13)20-16(21)12-10-11(18)8-9-14(12)19/h8-10,13,15H,4-7H2,1-3H3,(H,20,21). The highest BCUT2D eigenvalue weighted by Gasteiger charge is 2.35. The highest BCUT2D eigenvalue weighted by Crippen LogP contribution is 2.38. The molecule has 116 valence electrons. The average molecular weight is 356 g/mol. The fourth-order valence-corrected chi connectivity index (χ4v) is 3.62. The molecule has 1 aromatic carbocycles. The molecule has 0 aromatic heterocycles. The Balaban J connectivity index is 2.15. The van der Waals surface area contributed by atoms with Gasteiger partial charge in [0.15, 0.2) is 0 Å². The van der Waals surface area contributed by atoms with E-state index in [-0.39, 0.29) is 22.9 Å². The number of hydrogen-bond donors (Lipinski definition) is 1. The predicted molar refractivity (Wildman–Crippen MR) is 86.8 cm³/mol. The smallest absolute Gasteiger partial charge is 0.254 e. The van der Waals surface area contributed by atoms with Crippen LogP contribution in [0.5, 0.6) is 0 Å². The van der Waals surface area contributed by atoms with Gasteiger partial charge >= 0.3 is 0 Å². The summed E-state index contributed by atoms with van der Waals surface area (Å²) in [6.45, 7) is 6.63. The van der Waals surface area contributed by atoms with Crippen LogP contribution in [0, 0.1) is 17.2 Å². The minimum absolute atomic E-state index is 0.114. The van der Waals surface area contributed by atoms with Crippen molar-refractivity contribution in [2.45, 2.75) is 52.5 Å². The minimum atomic E-state index is -0.473. The van der Waals surface area contributed by atoms with E-state index in [1.54, 1.807) is 12.1 Å². The third-order valence-corrected chi connectivity index (χ3v) is 4.86. The quantitative estimate of drug-likeness (QED) is 0.800. The molecule has 1 aromatic rings. The fourth-order valence-electron chi connectivity index (χ4n) is 3.26. The highest BCUT2D eigenvalue weighted by molar-refractivity contribution is 9.10. The van der Waals surface area contributed by atoms with Crippen LogP contribution in [-0.4, -0.2) is 11.9 Å². The van der Waals surface area contributed by atoms with Crippen LogP contribution in [0.2, 0.25) is 0 Å². The number of amides is 1. The van der Waals surface area contributed by atoms with Crippen LogP contribution in [0.3, 0.4) is 0 Å². The maximum absolute atomic E-state index is 13.8. The molecule has 1 N–H and O–H groups in total. The van der Waals surface area contributed by atoms with Gasteiger partial charge in [-0.25, -0.2) is 4.39 Å². The van der Waals surface area contributed by atoms with Gasteiger partial charge in [0, 0.05) is 10.5 Å². The van der Waals surface area contributed by atoms with Gasteiger partial charge in [0.1, 0.15) is 5.82 Å². The Hall–Kier alpha value is -0.900. The van der Waals surface area contributed by atoms with E-state index >= 15 is 0 Å². The average Bonchev–Trinajstić information content (AvgIpc) is 2.41. The van der Waals surface area contributed by atoms with Gasteiger partial charge in [-0.15, -0.1) is 0 Å². The molecule has 1 aliphatic rings. The molecular weight excluding hydrogens is 333 g/mol. The summed E-state index contributed by atoms with van der Waals surface area (Å²) in [6.07, 6.45) is 4.43. The van der Waals surface area contributed by atoms with Gasteiger partial charge in [-0.05, 0) is 42.4 Å². The van der Waals surface area contributed by atoms with Crippen molar-refractivity contribution in [3.05, 3.63) is 34.1 Å². The summed E-state index contributed by atoms with van der Waals surface area (Å²) in [5, 5.41) is 3.06. The molecule has 1 aliphatic carbocycles. The number of nitrogens with one attached hydrogen (secondary N) is 1. The Bertz CT molecular complexity index is 524. The lowest BCUT2D eigenvalue weighted by atomic mass is 9.69. The van der Waals surface area contributed by atoms with Gasteiger partial charge in [-0.3, -0.25) is 4.79 Å². The van der Waals surface area contributed by atoms with Crippen LogP contribution < -0.4 is 5.32 Å². The van der Waals surface area contributed by atoms with Crippen molar-refractivity contribution in [3.8, 4) is 0 Å². The van der Waals surface area contributed by atoms with Gasteiger partial charge in [0.2, 0.25) is 0 Å². The summed E-state index contributed by atoms with van der Waals surface area (Å²) in [6, 6.07) is 4.59.